The van der Waals surface area contributed by atoms with E-state index in [9.17, 15) is 9.59 Å². The lowest BCUT2D eigenvalue weighted by Crippen LogP contribution is -2.33. The van der Waals surface area contributed by atoms with Gasteiger partial charge in [-0.2, -0.15) is 0 Å². The van der Waals surface area contributed by atoms with Gasteiger partial charge in [-0.25, -0.2) is 0 Å². The number of ether oxygens (including phenoxy) is 2. The lowest BCUT2D eigenvalue weighted by Gasteiger charge is -2.30. The maximum absolute atomic E-state index is 12.9. The highest BCUT2D eigenvalue weighted by molar-refractivity contribution is 6.02. The third kappa shape index (κ3) is 7.00. The molecule has 0 aromatic heterocycles. The van der Waals surface area contributed by atoms with Crippen molar-refractivity contribution in [2.75, 3.05) is 50.2 Å². The van der Waals surface area contributed by atoms with Crippen LogP contribution in [0.1, 0.15) is 36.0 Å². The highest BCUT2D eigenvalue weighted by Gasteiger charge is 2.19. The van der Waals surface area contributed by atoms with Gasteiger partial charge in [0.2, 0.25) is 0 Å². The van der Waals surface area contributed by atoms with E-state index in [1.807, 2.05) is 30.3 Å². The Balaban J connectivity index is 1.68. The third-order valence-electron chi connectivity index (χ3n) is 5.15. The van der Waals surface area contributed by atoms with Gasteiger partial charge in [-0.15, -0.1) is 0 Å². The van der Waals surface area contributed by atoms with Gasteiger partial charge >= 0.3 is 0 Å². The van der Waals surface area contributed by atoms with E-state index >= 15 is 0 Å². The summed E-state index contributed by atoms with van der Waals surface area (Å²) in [7, 11) is 1.64. The highest BCUT2D eigenvalue weighted by atomic mass is 16.5. The van der Waals surface area contributed by atoms with Crippen LogP contribution < -0.4 is 20.3 Å². The smallest absolute Gasteiger partial charge is 0.262 e. The zero-order chi connectivity index (χ0) is 21.9. The molecule has 0 unspecified atom stereocenters. The van der Waals surface area contributed by atoms with Crippen LogP contribution in [0, 0.1) is 0 Å². The molecule has 7 heteroatoms. The fourth-order valence-electron chi connectivity index (χ4n) is 3.58. The molecule has 2 N–H and O–H groups in total. The van der Waals surface area contributed by atoms with Gasteiger partial charge in [-0.05, 0) is 56.0 Å². The fourth-order valence-corrected chi connectivity index (χ4v) is 3.58. The molecule has 0 radical (unpaired) electrons. The number of hydrogen-bond acceptors (Lipinski definition) is 5. The molecule has 0 bridgehead atoms. The molecular weight excluding hydrogens is 394 g/mol. The zero-order valence-corrected chi connectivity index (χ0v) is 18.1. The normalized spacial score (nSPS) is 13.5. The summed E-state index contributed by atoms with van der Waals surface area (Å²) in [5.74, 6) is 0.212. The second-order valence-corrected chi connectivity index (χ2v) is 7.53. The second-order valence-electron chi connectivity index (χ2n) is 7.53. The second kappa shape index (κ2) is 12.0. The van der Waals surface area contributed by atoms with Crippen molar-refractivity contribution < 1.29 is 19.1 Å². The van der Waals surface area contributed by atoms with E-state index in [1.54, 1.807) is 25.3 Å². The van der Waals surface area contributed by atoms with E-state index in [0.29, 0.717) is 30.2 Å². The van der Waals surface area contributed by atoms with Crippen molar-refractivity contribution in [3.63, 3.8) is 0 Å². The Hall–Kier alpha value is -3.06. The van der Waals surface area contributed by atoms with Crippen molar-refractivity contribution in [1.29, 1.82) is 0 Å². The number of nitrogens with one attached hydrogen (secondary N) is 2. The van der Waals surface area contributed by atoms with Gasteiger partial charge in [-0.3, -0.25) is 9.59 Å². The standard InChI is InChI=1S/C24H31N3O4/c1-30-16-8-13-25-24(29)21-17-19(11-12-22(21)27-14-6-3-7-15-27)26-23(28)18-31-20-9-4-2-5-10-20/h2,4-5,9-12,17H,3,6-8,13-16,18H2,1H3,(H,25,29)(H,26,28). The number of methoxy groups -OCH3 is 1. The number of rotatable bonds is 10. The summed E-state index contributed by atoms with van der Waals surface area (Å²) in [5, 5.41) is 5.79. The molecule has 2 aromatic rings. The van der Waals surface area contributed by atoms with E-state index in [1.165, 1.54) is 6.42 Å². The van der Waals surface area contributed by atoms with E-state index in [2.05, 4.69) is 15.5 Å². The maximum atomic E-state index is 12.9. The Bertz CT molecular complexity index is 851. The molecule has 0 spiro atoms. The van der Waals surface area contributed by atoms with Crippen LogP contribution in [-0.2, 0) is 9.53 Å². The first-order valence-electron chi connectivity index (χ1n) is 10.8. The van der Waals surface area contributed by atoms with E-state index in [-0.39, 0.29) is 18.4 Å². The Kier molecular flexibility index (Phi) is 8.72. The van der Waals surface area contributed by atoms with Crippen molar-refractivity contribution in [1.82, 2.24) is 5.32 Å². The highest BCUT2D eigenvalue weighted by Crippen LogP contribution is 2.27. The molecule has 1 heterocycles. The first-order valence-corrected chi connectivity index (χ1v) is 10.8. The molecule has 1 fully saturated rings. The summed E-state index contributed by atoms with van der Waals surface area (Å²) in [6, 6.07) is 14.7. The largest absolute Gasteiger partial charge is 0.484 e. The minimum atomic E-state index is -0.277. The molecule has 7 nitrogen and oxygen atoms in total. The number of carbonyl (C=O) groups is 2. The van der Waals surface area contributed by atoms with Crippen LogP contribution in [0.15, 0.2) is 48.5 Å². The summed E-state index contributed by atoms with van der Waals surface area (Å²) in [6.45, 7) is 2.89. The molecule has 31 heavy (non-hydrogen) atoms. The number of nitrogens with zero attached hydrogens (tertiary/aromatic N) is 1. The Morgan fingerprint density at radius 3 is 2.55 bits per heavy atom. The van der Waals surface area contributed by atoms with Gasteiger partial charge in [0.1, 0.15) is 5.75 Å². The van der Waals surface area contributed by atoms with Crippen molar-refractivity contribution in [2.24, 2.45) is 0 Å². The predicted octanol–water partition coefficient (Wildman–Crippen LogP) is 3.46. The lowest BCUT2D eigenvalue weighted by molar-refractivity contribution is -0.118. The summed E-state index contributed by atoms with van der Waals surface area (Å²) in [6.07, 6.45) is 4.19. The van der Waals surface area contributed by atoms with Crippen molar-refractivity contribution >= 4 is 23.2 Å². The number of anilines is 2. The Labute approximate surface area is 183 Å². The Morgan fingerprint density at radius 2 is 1.81 bits per heavy atom. The van der Waals surface area contributed by atoms with Gasteiger partial charge in [0.15, 0.2) is 6.61 Å². The first kappa shape index (κ1) is 22.6. The number of piperidine rings is 1. The zero-order valence-electron chi connectivity index (χ0n) is 18.1. The van der Waals surface area contributed by atoms with E-state index in [0.717, 1.165) is 38.0 Å². The van der Waals surface area contributed by atoms with Gasteiger partial charge in [0.25, 0.3) is 11.8 Å². The van der Waals surface area contributed by atoms with E-state index < -0.39 is 0 Å². The van der Waals surface area contributed by atoms with Gasteiger partial charge < -0.3 is 25.0 Å². The predicted molar refractivity (Wildman–Crippen MR) is 122 cm³/mol. The molecule has 0 saturated carbocycles. The monoisotopic (exact) mass is 425 g/mol. The van der Waals surface area contributed by atoms with Crippen molar-refractivity contribution in [3.8, 4) is 5.75 Å². The van der Waals surface area contributed by atoms with Gasteiger partial charge in [0, 0.05) is 44.7 Å². The first-order chi connectivity index (χ1) is 15.2. The van der Waals surface area contributed by atoms with Crippen LogP contribution in [-0.4, -0.2) is 51.8 Å². The summed E-state index contributed by atoms with van der Waals surface area (Å²) >= 11 is 0. The number of benzene rings is 2. The molecule has 1 saturated heterocycles. The molecule has 2 amide bonds. The van der Waals surface area contributed by atoms with Crippen molar-refractivity contribution in [3.05, 3.63) is 54.1 Å². The summed E-state index contributed by atoms with van der Waals surface area (Å²) in [4.78, 5) is 27.5. The maximum Gasteiger partial charge on any atom is 0.262 e. The summed E-state index contributed by atoms with van der Waals surface area (Å²) < 4.78 is 10.5. The molecule has 0 aliphatic carbocycles. The van der Waals surface area contributed by atoms with Gasteiger partial charge in [0.05, 0.1) is 5.56 Å². The molecule has 3 rings (SSSR count). The number of para-hydroxylation sites is 1. The number of amides is 2. The van der Waals surface area contributed by atoms with Gasteiger partial charge in [-0.1, -0.05) is 18.2 Å². The average Bonchev–Trinajstić information content (AvgIpc) is 2.81. The molecule has 1 aliphatic rings. The van der Waals surface area contributed by atoms with Crippen LogP contribution in [0.4, 0.5) is 11.4 Å². The molecule has 1 aliphatic heterocycles. The van der Waals surface area contributed by atoms with Crippen LogP contribution in [0.2, 0.25) is 0 Å². The fraction of sp³-hybridized carbons (Fsp3) is 0.417. The average molecular weight is 426 g/mol. The molecule has 2 aromatic carbocycles. The number of carbonyl (C=O) groups excluding carboxylic acids is 2. The summed E-state index contributed by atoms with van der Waals surface area (Å²) in [5.41, 5.74) is 2.05. The molecule has 166 valence electrons. The third-order valence-corrected chi connectivity index (χ3v) is 5.15. The Morgan fingerprint density at radius 1 is 1.03 bits per heavy atom. The lowest BCUT2D eigenvalue weighted by atomic mass is 10.1. The minimum Gasteiger partial charge on any atom is -0.484 e. The van der Waals surface area contributed by atoms with E-state index in [4.69, 9.17) is 9.47 Å². The SMILES string of the molecule is COCCCNC(=O)c1cc(NC(=O)COc2ccccc2)ccc1N1CCCCC1. The topological polar surface area (TPSA) is 79.9 Å². The molecule has 0 atom stereocenters. The van der Waals surface area contributed by atoms with Crippen LogP contribution in [0.3, 0.4) is 0 Å². The number of hydrogen-bond donors (Lipinski definition) is 2. The molecular formula is C24H31N3O4. The minimum absolute atomic E-state index is 0.101. The quantitative estimate of drug-likeness (QED) is 0.570. The van der Waals surface area contributed by atoms with Crippen LogP contribution in [0.5, 0.6) is 5.75 Å². The van der Waals surface area contributed by atoms with Crippen LogP contribution >= 0.6 is 0 Å². The van der Waals surface area contributed by atoms with Crippen molar-refractivity contribution in [2.45, 2.75) is 25.7 Å². The van der Waals surface area contributed by atoms with Crippen LogP contribution in [0.25, 0.3) is 0 Å².